The number of hydrogen-bond donors (Lipinski definition) is 2. The minimum absolute atomic E-state index is 0.105. The Morgan fingerprint density at radius 3 is 3.12 bits per heavy atom. The minimum Gasteiger partial charge on any atom is -0.324 e. The Bertz CT molecular complexity index is 358. The second-order valence-corrected chi connectivity index (χ2v) is 4.26. The summed E-state index contributed by atoms with van der Waals surface area (Å²) in [6.07, 6.45) is 5.15. The number of hydrogen-bond acceptors (Lipinski definition) is 3. The molecule has 1 fully saturated rings. The van der Waals surface area contributed by atoms with Gasteiger partial charge in [-0.3, -0.25) is 9.78 Å². The highest BCUT2D eigenvalue weighted by molar-refractivity contribution is 5.95. The van der Waals surface area contributed by atoms with Gasteiger partial charge in [0.05, 0.1) is 17.3 Å². The summed E-state index contributed by atoms with van der Waals surface area (Å²) in [6, 6.07) is 3.68. The van der Waals surface area contributed by atoms with Crippen LogP contribution in [-0.2, 0) is 4.79 Å². The molecule has 16 heavy (non-hydrogen) atoms. The SMILES string of the molecule is CCC1(C(=O)Nc2cccnc2)CCNC1. The number of carbonyl (C=O) groups excluding carboxylic acids is 1. The molecule has 2 rings (SSSR count). The molecule has 4 nitrogen and oxygen atoms in total. The molecule has 1 aromatic rings. The van der Waals surface area contributed by atoms with E-state index in [1.54, 1.807) is 12.4 Å². The fourth-order valence-electron chi connectivity index (χ4n) is 2.10. The van der Waals surface area contributed by atoms with Gasteiger partial charge in [0.15, 0.2) is 0 Å². The molecule has 1 aliphatic heterocycles. The van der Waals surface area contributed by atoms with Crippen LogP contribution < -0.4 is 10.6 Å². The van der Waals surface area contributed by atoms with Crippen molar-refractivity contribution in [1.29, 1.82) is 0 Å². The third kappa shape index (κ3) is 2.07. The molecule has 1 amide bonds. The molecule has 1 unspecified atom stereocenters. The summed E-state index contributed by atoms with van der Waals surface area (Å²) in [7, 11) is 0. The Labute approximate surface area is 95.5 Å². The van der Waals surface area contributed by atoms with Gasteiger partial charge in [0, 0.05) is 12.7 Å². The van der Waals surface area contributed by atoms with E-state index in [-0.39, 0.29) is 11.3 Å². The zero-order chi connectivity index (χ0) is 11.4. The normalized spacial score (nSPS) is 24.3. The Hall–Kier alpha value is -1.42. The number of pyridine rings is 1. The van der Waals surface area contributed by atoms with Crippen LogP contribution in [0.4, 0.5) is 5.69 Å². The molecule has 0 aliphatic carbocycles. The van der Waals surface area contributed by atoms with E-state index in [1.807, 2.05) is 12.1 Å². The number of rotatable bonds is 3. The molecule has 0 spiro atoms. The van der Waals surface area contributed by atoms with E-state index >= 15 is 0 Å². The van der Waals surface area contributed by atoms with E-state index in [4.69, 9.17) is 0 Å². The quantitative estimate of drug-likeness (QED) is 0.808. The van der Waals surface area contributed by atoms with Crippen molar-refractivity contribution < 1.29 is 4.79 Å². The first kappa shape index (κ1) is 11.1. The number of carbonyl (C=O) groups is 1. The maximum Gasteiger partial charge on any atom is 0.231 e. The van der Waals surface area contributed by atoms with Crippen LogP contribution >= 0.6 is 0 Å². The van der Waals surface area contributed by atoms with Gasteiger partial charge in [0.1, 0.15) is 0 Å². The van der Waals surface area contributed by atoms with Crippen LogP contribution in [0.25, 0.3) is 0 Å². The van der Waals surface area contributed by atoms with Crippen molar-refractivity contribution in [3.05, 3.63) is 24.5 Å². The van der Waals surface area contributed by atoms with Crippen molar-refractivity contribution in [3.8, 4) is 0 Å². The molecule has 0 bridgehead atoms. The third-order valence-electron chi connectivity index (χ3n) is 3.32. The van der Waals surface area contributed by atoms with Crippen molar-refractivity contribution in [3.63, 3.8) is 0 Å². The molecule has 4 heteroatoms. The fourth-order valence-corrected chi connectivity index (χ4v) is 2.10. The molecule has 2 heterocycles. The van der Waals surface area contributed by atoms with Crippen LogP contribution in [0, 0.1) is 5.41 Å². The number of amides is 1. The van der Waals surface area contributed by atoms with E-state index in [0.717, 1.165) is 31.6 Å². The summed E-state index contributed by atoms with van der Waals surface area (Å²) in [5.74, 6) is 0.105. The molecule has 1 saturated heterocycles. The standard InChI is InChI=1S/C12H17N3O/c1-2-12(5-7-14-9-12)11(16)15-10-4-3-6-13-8-10/h3-4,6,8,14H,2,5,7,9H2,1H3,(H,15,16). The molecular weight excluding hydrogens is 202 g/mol. The first-order valence-electron chi connectivity index (χ1n) is 5.69. The van der Waals surface area contributed by atoms with Crippen LogP contribution in [0.15, 0.2) is 24.5 Å². The van der Waals surface area contributed by atoms with Gasteiger partial charge in [-0.05, 0) is 31.5 Å². The summed E-state index contributed by atoms with van der Waals surface area (Å²) in [4.78, 5) is 16.2. The first-order valence-corrected chi connectivity index (χ1v) is 5.69. The molecule has 0 saturated carbocycles. The second-order valence-electron chi connectivity index (χ2n) is 4.26. The molecule has 1 atom stereocenters. The fraction of sp³-hybridized carbons (Fsp3) is 0.500. The largest absolute Gasteiger partial charge is 0.324 e. The van der Waals surface area contributed by atoms with Crippen LogP contribution in [0.3, 0.4) is 0 Å². The number of nitrogens with one attached hydrogen (secondary N) is 2. The lowest BCUT2D eigenvalue weighted by molar-refractivity contribution is -0.124. The molecule has 86 valence electrons. The average Bonchev–Trinajstić information content (AvgIpc) is 2.80. The lowest BCUT2D eigenvalue weighted by atomic mass is 9.83. The second kappa shape index (κ2) is 4.61. The van der Waals surface area contributed by atoms with Gasteiger partial charge in [-0.2, -0.15) is 0 Å². The third-order valence-corrected chi connectivity index (χ3v) is 3.32. The maximum absolute atomic E-state index is 12.2. The van der Waals surface area contributed by atoms with E-state index in [1.165, 1.54) is 0 Å². The highest BCUT2D eigenvalue weighted by atomic mass is 16.2. The van der Waals surface area contributed by atoms with Crippen LogP contribution in [0.1, 0.15) is 19.8 Å². The van der Waals surface area contributed by atoms with Gasteiger partial charge in [-0.1, -0.05) is 6.92 Å². The Kier molecular flexibility index (Phi) is 3.19. The smallest absolute Gasteiger partial charge is 0.231 e. The van der Waals surface area contributed by atoms with Crippen LogP contribution in [0.5, 0.6) is 0 Å². The van der Waals surface area contributed by atoms with Gasteiger partial charge < -0.3 is 10.6 Å². The van der Waals surface area contributed by atoms with Gasteiger partial charge >= 0.3 is 0 Å². The van der Waals surface area contributed by atoms with Crippen molar-refractivity contribution in [2.45, 2.75) is 19.8 Å². The van der Waals surface area contributed by atoms with Gasteiger partial charge in [0.25, 0.3) is 0 Å². The highest BCUT2D eigenvalue weighted by Crippen LogP contribution is 2.30. The number of anilines is 1. The van der Waals surface area contributed by atoms with E-state index in [2.05, 4.69) is 22.5 Å². The summed E-state index contributed by atoms with van der Waals surface area (Å²) in [6.45, 7) is 3.76. The highest BCUT2D eigenvalue weighted by Gasteiger charge is 2.39. The summed E-state index contributed by atoms with van der Waals surface area (Å²) < 4.78 is 0. The van der Waals surface area contributed by atoms with E-state index in [9.17, 15) is 4.79 Å². The zero-order valence-corrected chi connectivity index (χ0v) is 9.49. The van der Waals surface area contributed by atoms with Crippen molar-refractivity contribution in [2.24, 2.45) is 5.41 Å². The molecular formula is C12H17N3O. The zero-order valence-electron chi connectivity index (χ0n) is 9.49. The van der Waals surface area contributed by atoms with Crippen molar-refractivity contribution >= 4 is 11.6 Å². The molecule has 0 radical (unpaired) electrons. The van der Waals surface area contributed by atoms with Gasteiger partial charge in [-0.25, -0.2) is 0 Å². The Morgan fingerprint density at radius 2 is 2.56 bits per heavy atom. The number of nitrogens with zero attached hydrogens (tertiary/aromatic N) is 1. The molecule has 0 aromatic carbocycles. The average molecular weight is 219 g/mol. The van der Waals surface area contributed by atoms with E-state index in [0.29, 0.717) is 0 Å². The summed E-state index contributed by atoms with van der Waals surface area (Å²) in [5, 5.41) is 6.19. The number of aromatic nitrogens is 1. The van der Waals surface area contributed by atoms with Crippen LogP contribution in [-0.4, -0.2) is 24.0 Å². The summed E-state index contributed by atoms with van der Waals surface area (Å²) >= 11 is 0. The minimum atomic E-state index is -0.240. The van der Waals surface area contributed by atoms with Crippen molar-refractivity contribution in [1.82, 2.24) is 10.3 Å². The van der Waals surface area contributed by atoms with Gasteiger partial charge in [-0.15, -0.1) is 0 Å². The Balaban J connectivity index is 2.07. The van der Waals surface area contributed by atoms with Crippen LogP contribution in [0.2, 0.25) is 0 Å². The van der Waals surface area contributed by atoms with Gasteiger partial charge in [0.2, 0.25) is 5.91 Å². The maximum atomic E-state index is 12.2. The molecule has 1 aromatic heterocycles. The first-order chi connectivity index (χ1) is 7.77. The van der Waals surface area contributed by atoms with Crippen molar-refractivity contribution in [2.75, 3.05) is 18.4 Å². The van der Waals surface area contributed by atoms with E-state index < -0.39 is 0 Å². The monoisotopic (exact) mass is 219 g/mol. The predicted molar refractivity (Wildman–Crippen MR) is 63.1 cm³/mol. The predicted octanol–water partition coefficient (Wildman–Crippen LogP) is 1.41. The molecule has 1 aliphatic rings. The molecule has 2 N–H and O–H groups in total. The lowest BCUT2D eigenvalue weighted by Crippen LogP contribution is -2.37. The Morgan fingerprint density at radius 1 is 1.69 bits per heavy atom. The summed E-state index contributed by atoms with van der Waals surface area (Å²) in [5.41, 5.74) is 0.530. The topological polar surface area (TPSA) is 54.0 Å². The lowest BCUT2D eigenvalue weighted by Gasteiger charge is -2.25.